The molecule has 1 fully saturated rings. The number of urea groups is 1. The van der Waals surface area contributed by atoms with Gasteiger partial charge in [0.1, 0.15) is 12.1 Å². The number of hydrogen-bond donors (Lipinski definition) is 1. The summed E-state index contributed by atoms with van der Waals surface area (Å²) in [7, 11) is 0. The van der Waals surface area contributed by atoms with Gasteiger partial charge in [-0.25, -0.2) is 4.79 Å². The van der Waals surface area contributed by atoms with E-state index in [9.17, 15) is 14.4 Å². The van der Waals surface area contributed by atoms with E-state index in [0.717, 1.165) is 24.2 Å². The minimum absolute atomic E-state index is 0.0790. The molecular weight excluding hydrogens is 330 g/mol. The smallest absolute Gasteiger partial charge is 0.325 e. The van der Waals surface area contributed by atoms with Crippen LogP contribution in [0.1, 0.15) is 52.5 Å². The molecule has 6 heteroatoms. The molecule has 1 aromatic rings. The predicted octanol–water partition coefficient (Wildman–Crippen LogP) is 2.88. The molecular formula is C20H29N3O3. The zero-order valence-corrected chi connectivity index (χ0v) is 16.1. The molecule has 0 bridgehead atoms. The summed E-state index contributed by atoms with van der Waals surface area (Å²) >= 11 is 0. The molecule has 1 N–H and O–H groups in total. The van der Waals surface area contributed by atoms with Crippen LogP contribution in [0.15, 0.2) is 30.3 Å². The Morgan fingerprint density at radius 2 is 1.88 bits per heavy atom. The van der Waals surface area contributed by atoms with Crippen LogP contribution in [-0.2, 0) is 15.1 Å². The van der Waals surface area contributed by atoms with Gasteiger partial charge in [0, 0.05) is 12.6 Å². The van der Waals surface area contributed by atoms with E-state index in [2.05, 4.69) is 12.2 Å². The van der Waals surface area contributed by atoms with Crippen LogP contribution < -0.4 is 5.32 Å². The van der Waals surface area contributed by atoms with Crippen LogP contribution in [0.3, 0.4) is 0 Å². The van der Waals surface area contributed by atoms with Gasteiger partial charge in [-0.2, -0.15) is 0 Å². The molecule has 2 unspecified atom stereocenters. The molecule has 1 heterocycles. The van der Waals surface area contributed by atoms with Crippen molar-refractivity contribution in [2.24, 2.45) is 0 Å². The van der Waals surface area contributed by atoms with Crippen LogP contribution in [-0.4, -0.2) is 46.8 Å². The number of carbonyl (C=O) groups excluding carboxylic acids is 3. The van der Waals surface area contributed by atoms with Crippen LogP contribution in [0.2, 0.25) is 0 Å². The van der Waals surface area contributed by atoms with E-state index in [-0.39, 0.29) is 24.4 Å². The van der Waals surface area contributed by atoms with E-state index in [1.54, 1.807) is 24.0 Å². The third-order valence-corrected chi connectivity index (χ3v) is 5.12. The normalized spacial score (nSPS) is 20.8. The molecule has 6 nitrogen and oxygen atoms in total. The molecule has 142 valence electrons. The Labute approximate surface area is 155 Å². The van der Waals surface area contributed by atoms with Crippen molar-refractivity contribution in [3.8, 4) is 0 Å². The molecule has 4 amide bonds. The molecule has 0 saturated carbocycles. The van der Waals surface area contributed by atoms with Gasteiger partial charge in [0.15, 0.2) is 0 Å². The Morgan fingerprint density at radius 3 is 2.46 bits per heavy atom. The molecule has 2 atom stereocenters. The molecule has 0 spiro atoms. The topological polar surface area (TPSA) is 69.7 Å². The Bertz CT molecular complexity index is 662. The fraction of sp³-hybridized carbons (Fsp3) is 0.550. The summed E-state index contributed by atoms with van der Waals surface area (Å²) in [4.78, 5) is 40.9. The molecule has 26 heavy (non-hydrogen) atoms. The van der Waals surface area contributed by atoms with Crippen molar-refractivity contribution in [1.82, 2.24) is 15.1 Å². The van der Waals surface area contributed by atoms with Gasteiger partial charge in [-0.15, -0.1) is 0 Å². The number of amides is 4. The maximum absolute atomic E-state index is 12.9. The quantitative estimate of drug-likeness (QED) is 0.726. The van der Waals surface area contributed by atoms with Gasteiger partial charge < -0.3 is 10.2 Å². The first kappa shape index (κ1) is 19.9. The van der Waals surface area contributed by atoms with E-state index in [0.29, 0.717) is 12.1 Å². The summed E-state index contributed by atoms with van der Waals surface area (Å²) in [5.74, 6) is -0.574. The Morgan fingerprint density at radius 1 is 1.23 bits per heavy atom. The lowest BCUT2D eigenvalue weighted by Gasteiger charge is -2.30. The molecule has 1 aliphatic heterocycles. The summed E-state index contributed by atoms with van der Waals surface area (Å²) in [6.45, 7) is 8.19. The SMILES string of the molecule is CCCCN(C(=O)CN1C(=O)NC(C)(c2ccccc2)C1=O)C(C)CC. The number of carbonyl (C=O) groups is 3. The standard InChI is InChI=1S/C20H29N3O3/c1-5-7-13-22(15(3)6-2)17(24)14-23-18(25)20(4,21-19(23)26)16-11-9-8-10-12-16/h8-12,15H,5-7,13-14H2,1-4H3,(H,21,26). The summed E-state index contributed by atoms with van der Waals surface area (Å²) < 4.78 is 0. The highest BCUT2D eigenvalue weighted by Gasteiger charge is 2.49. The third-order valence-electron chi connectivity index (χ3n) is 5.12. The molecule has 1 aromatic carbocycles. The molecule has 0 radical (unpaired) electrons. The number of unbranched alkanes of at least 4 members (excludes halogenated alkanes) is 1. The first-order valence-corrected chi connectivity index (χ1v) is 9.34. The van der Waals surface area contributed by atoms with Crippen molar-refractivity contribution in [1.29, 1.82) is 0 Å². The van der Waals surface area contributed by atoms with Crippen molar-refractivity contribution in [3.63, 3.8) is 0 Å². The number of rotatable bonds is 8. The largest absolute Gasteiger partial charge is 0.338 e. The van der Waals surface area contributed by atoms with Crippen LogP contribution in [0, 0.1) is 0 Å². The highest BCUT2D eigenvalue weighted by Crippen LogP contribution is 2.28. The second kappa shape index (κ2) is 8.34. The first-order chi connectivity index (χ1) is 12.3. The van der Waals surface area contributed by atoms with Crippen LogP contribution in [0.5, 0.6) is 0 Å². The van der Waals surface area contributed by atoms with Gasteiger partial charge in [0.05, 0.1) is 0 Å². The predicted molar refractivity (Wildman–Crippen MR) is 100 cm³/mol. The van der Waals surface area contributed by atoms with E-state index in [1.807, 2.05) is 32.0 Å². The van der Waals surface area contributed by atoms with Crippen molar-refractivity contribution < 1.29 is 14.4 Å². The Hall–Kier alpha value is -2.37. The highest BCUT2D eigenvalue weighted by atomic mass is 16.2. The second-order valence-electron chi connectivity index (χ2n) is 7.01. The summed E-state index contributed by atoms with van der Waals surface area (Å²) in [6, 6.07) is 8.66. The lowest BCUT2D eigenvalue weighted by molar-refractivity contribution is -0.140. The second-order valence-corrected chi connectivity index (χ2v) is 7.01. The average Bonchev–Trinajstić information content (AvgIpc) is 2.86. The molecule has 2 rings (SSSR count). The summed E-state index contributed by atoms with van der Waals surface area (Å²) in [6.07, 6.45) is 2.71. The number of benzene rings is 1. The lowest BCUT2D eigenvalue weighted by Crippen LogP contribution is -2.47. The first-order valence-electron chi connectivity index (χ1n) is 9.34. The minimum Gasteiger partial charge on any atom is -0.338 e. The lowest BCUT2D eigenvalue weighted by atomic mass is 9.92. The van der Waals surface area contributed by atoms with Crippen molar-refractivity contribution in [2.75, 3.05) is 13.1 Å². The van der Waals surface area contributed by atoms with E-state index < -0.39 is 11.6 Å². The van der Waals surface area contributed by atoms with Crippen molar-refractivity contribution >= 4 is 17.8 Å². The maximum atomic E-state index is 12.9. The fourth-order valence-electron chi connectivity index (χ4n) is 3.17. The average molecular weight is 359 g/mol. The van der Waals surface area contributed by atoms with Gasteiger partial charge in [-0.05, 0) is 32.3 Å². The van der Waals surface area contributed by atoms with E-state index >= 15 is 0 Å². The monoisotopic (exact) mass is 359 g/mol. The fourth-order valence-corrected chi connectivity index (χ4v) is 3.17. The van der Waals surface area contributed by atoms with Crippen LogP contribution >= 0.6 is 0 Å². The number of nitrogens with one attached hydrogen (secondary N) is 1. The zero-order valence-electron chi connectivity index (χ0n) is 16.1. The van der Waals surface area contributed by atoms with Crippen LogP contribution in [0.4, 0.5) is 4.79 Å². The minimum atomic E-state index is -1.14. The Kier molecular flexibility index (Phi) is 6.40. The summed E-state index contributed by atoms with van der Waals surface area (Å²) in [5, 5.41) is 2.74. The highest BCUT2D eigenvalue weighted by molar-refractivity contribution is 6.09. The zero-order chi connectivity index (χ0) is 19.3. The summed E-state index contributed by atoms with van der Waals surface area (Å²) in [5.41, 5.74) is -0.429. The molecule has 0 aliphatic carbocycles. The molecule has 0 aromatic heterocycles. The van der Waals surface area contributed by atoms with Gasteiger partial charge in [-0.3, -0.25) is 14.5 Å². The van der Waals surface area contributed by atoms with Gasteiger partial charge >= 0.3 is 6.03 Å². The molecule has 1 aliphatic rings. The van der Waals surface area contributed by atoms with Gasteiger partial charge in [-0.1, -0.05) is 50.6 Å². The maximum Gasteiger partial charge on any atom is 0.325 e. The van der Waals surface area contributed by atoms with E-state index in [4.69, 9.17) is 0 Å². The number of hydrogen-bond acceptors (Lipinski definition) is 3. The van der Waals surface area contributed by atoms with Crippen molar-refractivity contribution in [2.45, 2.75) is 58.5 Å². The van der Waals surface area contributed by atoms with Gasteiger partial charge in [0.25, 0.3) is 5.91 Å². The third kappa shape index (κ3) is 3.89. The van der Waals surface area contributed by atoms with Crippen molar-refractivity contribution in [3.05, 3.63) is 35.9 Å². The number of imide groups is 1. The van der Waals surface area contributed by atoms with Gasteiger partial charge in [0.2, 0.25) is 5.91 Å². The number of nitrogens with zero attached hydrogens (tertiary/aromatic N) is 2. The van der Waals surface area contributed by atoms with E-state index in [1.165, 1.54) is 0 Å². The molecule has 1 saturated heterocycles. The van der Waals surface area contributed by atoms with Crippen LogP contribution in [0.25, 0.3) is 0 Å². The Balaban J connectivity index is 2.17.